The lowest BCUT2D eigenvalue weighted by atomic mass is 10.1. The van der Waals surface area contributed by atoms with E-state index in [1.807, 2.05) is 36.4 Å². The van der Waals surface area contributed by atoms with Crippen LogP contribution >= 0.6 is 0 Å². The number of amides is 1. The minimum Gasteiger partial charge on any atom is -0.508 e. The molecule has 0 saturated carbocycles. The third kappa shape index (κ3) is 3.92. The van der Waals surface area contributed by atoms with Crippen molar-refractivity contribution in [3.05, 3.63) is 66.2 Å². The molecule has 0 heterocycles. The van der Waals surface area contributed by atoms with E-state index in [0.717, 1.165) is 10.8 Å². The first-order chi connectivity index (χ1) is 12.5. The van der Waals surface area contributed by atoms with Crippen LogP contribution in [0.15, 0.2) is 65.8 Å². The van der Waals surface area contributed by atoms with Gasteiger partial charge in [0.2, 0.25) is 0 Å². The van der Waals surface area contributed by atoms with Gasteiger partial charge in [0, 0.05) is 10.9 Å². The number of hydrogen-bond acceptors (Lipinski definition) is 5. The number of carbonyl (C=O) groups is 1. The Labute approximate surface area is 150 Å². The van der Waals surface area contributed by atoms with E-state index in [4.69, 9.17) is 4.74 Å². The first kappa shape index (κ1) is 17.3. The van der Waals surface area contributed by atoms with Gasteiger partial charge in [0.25, 0.3) is 5.91 Å². The first-order valence-electron chi connectivity index (χ1n) is 8.00. The van der Waals surface area contributed by atoms with Gasteiger partial charge >= 0.3 is 0 Å². The number of rotatable bonds is 5. The molecule has 3 N–H and O–H groups in total. The van der Waals surface area contributed by atoms with Crippen molar-refractivity contribution in [1.82, 2.24) is 5.43 Å². The lowest BCUT2D eigenvalue weighted by molar-refractivity contribution is -0.123. The van der Waals surface area contributed by atoms with Crippen LogP contribution < -0.4 is 10.2 Å². The molecule has 0 fully saturated rings. The Bertz CT molecular complexity index is 977. The topological polar surface area (TPSA) is 91.2 Å². The molecule has 0 saturated heterocycles. The second kappa shape index (κ2) is 7.57. The van der Waals surface area contributed by atoms with E-state index in [1.165, 1.54) is 18.2 Å². The quantitative estimate of drug-likeness (QED) is 0.374. The molecule has 0 atom stereocenters. The lowest BCUT2D eigenvalue weighted by Gasteiger charge is -2.09. The van der Waals surface area contributed by atoms with Gasteiger partial charge in [0.1, 0.15) is 17.2 Å². The van der Waals surface area contributed by atoms with Gasteiger partial charge in [-0.3, -0.25) is 4.79 Å². The number of phenols is 2. The molecule has 3 aromatic rings. The highest BCUT2D eigenvalue weighted by molar-refractivity contribution is 6.01. The number of carbonyl (C=O) groups excluding carboxylic acids is 1. The number of hydrogen-bond donors (Lipinski definition) is 3. The Hall–Kier alpha value is -3.54. The molecular weight excluding hydrogens is 332 g/mol. The number of fused-ring (bicyclic) bond motifs is 1. The van der Waals surface area contributed by atoms with Gasteiger partial charge in [-0.05, 0) is 36.6 Å². The van der Waals surface area contributed by atoms with Crippen molar-refractivity contribution in [3.63, 3.8) is 0 Å². The molecule has 0 aliphatic carbocycles. The predicted octanol–water partition coefficient (Wildman–Crippen LogP) is 3.17. The Morgan fingerprint density at radius 1 is 1.08 bits per heavy atom. The van der Waals surface area contributed by atoms with Crippen molar-refractivity contribution >= 4 is 22.4 Å². The highest BCUT2D eigenvalue weighted by Gasteiger charge is 2.08. The SMILES string of the molecule is C/C(=N/NC(=O)COc1cccc2ccccc12)c1cc(O)ccc1O. The monoisotopic (exact) mass is 350 g/mol. The van der Waals surface area contributed by atoms with E-state index in [1.54, 1.807) is 13.0 Å². The van der Waals surface area contributed by atoms with Crippen molar-refractivity contribution in [1.29, 1.82) is 0 Å². The summed E-state index contributed by atoms with van der Waals surface area (Å²) in [5.74, 6) is 0.143. The van der Waals surface area contributed by atoms with Crippen LogP contribution in [0.2, 0.25) is 0 Å². The van der Waals surface area contributed by atoms with E-state index in [0.29, 0.717) is 17.0 Å². The molecule has 0 aliphatic rings. The zero-order valence-electron chi connectivity index (χ0n) is 14.1. The zero-order valence-corrected chi connectivity index (χ0v) is 14.1. The van der Waals surface area contributed by atoms with Crippen molar-refractivity contribution in [2.45, 2.75) is 6.92 Å². The van der Waals surface area contributed by atoms with E-state index >= 15 is 0 Å². The molecule has 6 nitrogen and oxygen atoms in total. The molecule has 0 aromatic heterocycles. The molecule has 0 aliphatic heterocycles. The second-order valence-electron chi connectivity index (χ2n) is 5.70. The number of benzene rings is 3. The van der Waals surface area contributed by atoms with Crippen molar-refractivity contribution in [2.24, 2.45) is 5.10 Å². The van der Waals surface area contributed by atoms with E-state index in [-0.39, 0.29) is 18.1 Å². The molecule has 0 bridgehead atoms. The molecular formula is C20H18N2O4. The van der Waals surface area contributed by atoms with Crippen LogP contribution in [0.4, 0.5) is 0 Å². The van der Waals surface area contributed by atoms with Gasteiger partial charge < -0.3 is 14.9 Å². The molecule has 3 aromatic carbocycles. The Balaban J connectivity index is 1.64. The molecule has 0 radical (unpaired) electrons. The summed E-state index contributed by atoms with van der Waals surface area (Å²) < 4.78 is 5.59. The fourth-order valence-corrected chi connectivity index (χ4v) is 2.52. The maximum absolute atomic E-state index is 12.0. The second-order valence-corrected chi connectivity index (χ2v) is 5.70. The van der Waals surface area contributed by atoms with E-state index in [2.05, 4.69) is 10.5 Å². The Morgan fingerprint density at radius 3 is 2.69 bits per heavy atom. The summed E-state index contributed by atoms with van der Waals surface area (Å²) in [5, 5.41) is 25.2. The number of phenolic OH excluding ortho intramolecular Hbond substituents is 2. The fourth-order valence-electron chi connectivity index (χ4n) is 2.52. The fraction of sp³-hybridized carbons (Fsp3) is 0.100. The molecule has 6 heteroatoms. The lowest BCUT2D eigenvalue weighted by Crippen LogP contribution is -2.25. The highest BCUT2D eigenvalue weighted by Crippen LogP contribution is 2.25. The summed E-state index contributed by atoms with van der Waals surface area (Å²) in [6, 6.07) is 17.5. The summed E-state index contributed by atoms with van der Waals surface area (Å²) >= 11 is 0. The third-order valence-corrected chi connectivity index (χ3v) is 3.83. The summed E-state index contributed by atoms with van der Waals surface area (Å²) in [7, 11) is 0. The molecule has 26 heavy (non-hydrogen) atoms. The van der Waals surface area contributed by atoms with Crippen LogP contribution in [0, 0.1) is 0 Å². The maximum Gasteiger partial charge on any atom is 0.277 e. The number of ether oxygens (including phenoxy) is 1. The number of aromatic hydroxyl groups is 2. The van der Waals surface area contributed by atoms with Gasteiger partial charge in [-0.1, -0.05) is 36.4 Å². The van der Waals surface area contributed by atoms with Gasteiger partial charge in [0.05, 0.1) is 5.71 Å². The van der Waals surface area contributed by atoms with Crippen LogP contribution in [0.5, 0.6) is 17.2 Å². The predicted molar refractivity (Wildman–Crippen MR) is 99.6 cm³/mol. The molecule has 0 unspecified atom stereocenters. The summed E-state index contributed by atoms with van der Waals surface area (Å²) in [6.07, 6.45) is 0. The largest absolute Gasteiger partial charge is 0.508 e. The molecule has 1 amide bonds. The Morgan fingerprint density at radius 2 is 1.85 bits per heavy atom. The first-order valence-corrected chi connectivity index (χ1v) is 8.00. The smallest absolute Gasteiger partial charge is 0.277 e. The number of nitrogens with zero attached hydrogens (tertiary/aromatic N) is 1. The number of nitrogens with one attached hydrogen (secondary N) is 1. The standard InChI is InChI=1S/C20H18N2O4/c1-13(17-11-15(23)9-10-18(17)24)21-22-20(25)12-26-19-8-4-6-14-5-2-3-7-16(14)19/h2-11,23-24H,12H2,1H3,(H,22,25)/b21-13-. The van der Waals surface area contributed by atoms with E-state index < -0.39 is 5.91 Å². The van der Waals surface area contributed by atoms with Crippen LogP contribution in [-0.4, -0.2) is 28.4 Å². The molecule has 3 rings (SSSR count). The summed E-state index contributed by atoms with van der Waals surface area (Å²) in [6.45, 7) is 1.41. The van der Waals surface area contributed by atoms with Gasteiger partial charge in [0.15, 0.2) is 6.61 Å². The zero-order chi connectivity index (χ0) is 18.5. The average molecular weight is 350 g/mol. The maximum atomic E-state index is 12.0. The average Bonchev–Trinajstić information content (AvgIpc) is 2.66. The van der Waals surface area contributed by atoms with Crippen molar-refractivity contribution < 1.29 is 19.7 Å². The third-order valence-electron chi connectivity index (χ3n) is 3.83. The van der Waals surface area contributed by atoms with Crippen LogP contribution in [0.1, 0.15) is 12.5 Å². The van der Waals surface area contributed by atoms with Crippen LogP contribution in [-0.2, 0) is 4.79 Å². The number of hydrazone groups is 1. The van der Waals surface area contributed by atoms with Crippen molar-refractivity contribution in [2.75, 3.05) is 6.61 Å². The van der Waals surface area contributed by atoms with Crippen LogP contribution in [0.25, 0.3) is 10.8 Å². The van der Waals surface area contributed by atoms with Gasteiger partial charge in [-0.15, -0.1) is 0 Å². The Kier molecular flexibility index (Phi) is 5.03. The normalized spacial score (nSPS) is 11.3. The van der Waals surface area contributed by atoms with Crippen LogP contribution in [0.3, 0.4) is 0 Å². The minimum atomic E-state index is -0.433. The highest BCUT2D eigenvalue weighted by atomic mass is 16.5. The summed E-state index contributed by atoms with van der Waals surface area (Å²) in [4.78, 5) is 12.0. The van der Waals surface area contributed by atoms with Crippen molar-refractivity contribution in [3.8, 4) is 17.2 Å². The molecule has 0 spiro atoms. The van der Waals surface area contributed by atoms with Gasteiger partial charge in [-0.2, -0.15) is 5.10 Å². The van der Waals surface area contributed by atoms with Gasteiger partial charge in [-0.25, -0.2) is 5.43 Å². The summed E-state index contributed by atoms with van der Waals surface area (Å²) in [5.41, 5.74) is 3.07. The van der Waals surface area contributed by atoms with E-state index in [9.17, 15) is 15.0 Å². The minimum absolute atomic E-state index is 0.00188. The molecule has 132 valence electrons.